The minimum Gasteiger partial charge on any atom is -0.278 e. The Labute approximate surface area is 127 Å². The minimum atomic E-state index is -4.24. The lowest BCUT2D eigenvalue weighted by Gasteiger charge is -2.10. The molecule has 0 saturated carbocycles. The molecule has 0 spiro atoms. The van der Waals surface area contributed by atoms with E-state index in [1.165, 1.54) is 18.2 Å². The van der Waals surface area contributed by atoms with Crippen molar-refractivity contribution in [3.63, 3.8) is 0 Å². The topological polar surface area (TPSA) is 46.2 Å². The lowest BCUT2D eigenvalue weighted by atomic mass is 10.3. The van der Waals surface area contributed by atoms with Gasteiger partial charge in [0.25, 0.3) is 10.0 Å². The van der Waals surface area contributed by atoms with Gasteiger partial charge in [-0.2, -0.15) is 0 Å². The van der Waals surface area contributed by atoms with Crippen LogP contribution in [0.25, 0.3) is 0 Å². The van der Waals surface area contributed by atoms with Gasteiger partial charge in [0, 0.05) is 9.50 Å². The highest BCUT2D eigenvalue weighted by atomic mass is 79.9. The smallest absolute Gasteiger partial charge is 0.264 e. The predicted molar refractivity (Wildman–Crippen MR) is 76.3 cm³/mol. The van der Waals surface area contributed by atoms with Crippen molar-refractivity contribution >= 4 is 43.2 Å². The van der Waals surface area contributed by atoms with Crippen molar-refractivity contribution in [1.82, 2.24) is 0 Å². The number of sulfonamides is 1. The summed E-state index contributed by atoms with van der Waals surface area (Å²) in [5.41, 5.74) is 0.165. The maximum absolute atomic E-state index is 13.5. The summed E-state index contributed by atoms with van der Waals surface area (Å²) < 4.78 is 53.2. The van der Waals surface area contributed by atoms with Crippen LogP contribution in [-0.2, 0) is 10.0 Å². The molecule has 0 saturated heterocycles. The van der Waals surface area contributed by atoms with E-state index in [2.05, 4.69) is 20.7 Å². The Morgan fingerprint density at radius 1 is 1.10 bits per heavy atom. The van der Waals surface area contributed by atoms with E-state index >= 15 is 0 Å². The second-order valence-electron chi connectivity index (χ2n) is 3.80. The lowest BCUT2D eigenvalue weighted by molar-refractivity contribution is 0.555. The molecule has 0 aliphatic rings. The van der Waals surface area contributed by atoms with E-state index in [0.29, 0.717) is 15.6 Å². The molecule has 0 unspecified atom stereocenters. The Hall–Kier alpha value is -1.18. The maximum atomic E-state index is 13.5. The fourth-order valence-corrected chi connectivity index (χ4v) is 3.54. The number of benzene rings is 2. The molecular weight excluding hydrogens is 376 g/mol. The van der Waals surface area contributed by atoms with Crippen molar-refractivity contribution in [3.8, 4) is 0 Å². The van der Waals surface area contributed by atoms with Crippen molar-refractivity contribution in [3.05, 3.63) is 57.5 Å². The molecule has 2 aromatic rings. The molecule has 106 valence electrons. The molecule has 0 bridgehead atoms. The van der Waals surface area contributed by atoms with E-state index in [-0.39, 0.29) is 5.69 Å². The van der Waals surface area contributed by atoms with Gasteiger partial charge >= 0.3 is 0 Å². The van der Waals surface area contributed by atoms with Crippen LogP contribution in [0.1, 0.15) is 0 Å². The molecule has 0 fully saturated rings. The fraction of sp³-hybridized carbons (Fsp3) is 0. The Balaban J connectivity index is 2.43. The molecule has 20 heavy (non-hydrogen) atoms. The van der Waals surface area contributed by atoms with Gasteiger partial charge in [-0.1, -0.05) is 11.6 Å². The number of nitrogens with one attached hydrogen (secondary N) is 1. The Morgan fingerprint density at radius 2 is 1.80 bits per heavy atom. The zero-order valence-electron chi connectivity index (χ0n) is 9.70. The zero-order valence-corrected chi connectivity index (χ0v) is 12.9. The summed E-state index contributed by atoms with van der Waals surface area (Å²) >= 11 is 8.86. The van der Waals surface area contributed by atoms with Gasteiger partial charge in [-0.25, -0.2) is 17.2 Å². The third-order valence-electron chi connectivity index (χ3n) is 2.36. The SMILES string of the molecule is O=S(=O)(Nc1ccc(Cl)cc1Br)c1cc(F)ccc1F. The molecule has 0 aliphatic heterocycles. The van der Waals surface area contributed by atoms with Crippen LogP contribution in [0.3, 0.4) is 0 Å². The van der Waals surface area contributed by atoms with Gasteiger partial charge in [-0.15, -0.1) is 0 Å². The van der Waals surface area contributed by atoms with E-state index in [1.807, 2.05) is 0 Å². The van der Waals surface area contributed by atoms with Gasteiger partial charge in [-0.3, -0.25) is 4.72 Å². The van der Waals surface area contributed by atoms with Crippen LogP contribution in [-0.4, -0.2) is 8.42 Å². The molecule has 1 N–H and O–H groups in total. The third-order valence-corrected chi connectivity index (χ3v) is 4.63. The van der Waals surface area contributed by atoms with Crippen molar-refractivity contribution in [1.29, 1.82) is 0 Å². The van der Waals surface area contributed by atoms with Gasteiger partial charge in [0.05, 0.1) is 5.69 Å². The van der Waals surface area contributed by atoms with Crippen LogP contribution in [0.5, 0.6) is 0 Å². The fourth-order valence-electron chi connectivity index (χ4n) is 1.46. The zero-order chi connectivity index (χ0) is 14.9. The summed E-state index contributed by atoms with van der Waals surface area (Å²) in [7, 11) is -4.24. The van der Waals surface area contributed by atoms with Gasteiger partial charge < -0.3 is 0 Å². The summed E-state index contributed by atoms with van der Waals surface area (Å²) in [5, 5.41) is 0.400. The molecule has 2 rings (SSSR count). The average Bonchev–Trinajstić information content (AvgIpc) is 2.35. The van der Waals surface area contributed by atoms with Crippen LogP contribution < -0.4 is 4.72 Å². The molecule has 0 atom stereocenters. The van der Waals surface area contributed by atoms with Crippen molar-refractivity contribution < 1.29 is 17.2 Å². The lowest BCUT2D eigenvalue weighted by Crippen LogP contribution is -2.15. The molecule has 0 amide bonds. The number of anilines is 1. The van der Waals surface area contributed by atoms with Crippen LogP contribution >= 0.6 is 27.5 Å². The first-order chi connectivity index (χ1) is 9.29. The highest BCUT2D eigenvalue weighted by Crippen LogP contribution is 2.28. The van der Waals surface area contributed by atoms with Crippen LogP contribution in [0.2, 0.25) is 5.02 Å². The average molecular weight is 383 g/mol. The normalized spacial score (nSPS) is 11.4. The summed E-state index contributed by atoms with van der Waals surface area (Å²) in [5.74, 6) is -1.88. The maximum Gasteiger partial charge on any atom is 0.264 e. The summed E-state index contributed by atoms with van der Waals surface area (Å²) in [6, 6.07) is 6.55. The molecule has 8 heteroatoms. The molecule has 3 nitrogen and oxygen atoms in total. The van der Waals surface area contributed by atoms with E-state index < -0.39 is 26.6 Å². The largest absolute Gasteiger partial charge is 0.278 e. The van der Waals surface area contributed by atoms with Crippen LogP contribution in [0.15, 0.2) is 45.8 Å². The van der Waals surface area contributed by atoms with Crippen molar-refractivity contribution in [2.45, 2.75) is 4.90 Å². The first-order valence-corrected chi connectivity index (χ1v) is 7.88. The number of hydrogen-bond donors (Lipinski definition) is 1. The molecule has 2 aromatic carbocycles. The highest BCUT2D eigenvalue weighted by Gasteiger charge is 2.21. The molecule has 0 aliphatic carbocycles. The van der Waals surface area contributed by atoms with Crippen LogP contribution in [0, 0.1) is 11.6 Å². The predicted octanol–water partition coefficient (Wildman–Crippen LogP) is 4.18. The number of hydrogen-bond acceptors (Lipinski definition) is 2. The van der Waals surface area contributed by atoms with E-state index in [4.69, 9.17) is 11.6 Å². The number of halogens is 4. The standard InChI is InChI=1S/C12H7BrClF2NO2S/c13-9-5-7(14)1-4-11(9)17-20(18,19)12-6-8(15)2-3-10(12)16/h1-6,17H. The van der Waals surface area contributed by atoms with Crippen molar-refractivity contribution in [2.24, 2.45) is 0 Å². The Morgan fingerprint density at radius 3 is 2.45 bits per heavy atom. The van der Waals surface area contributed by atoms with Gasteiger partial charge in [-0.05, 0) is 52.3 Å². The van der Waals surface area contributed by atoms with E-state index in [9.17, 15) is 17.2 Å². The summed E-state index contributed by atoms with van der Waals surface area (Å²) in [4.78, 5) is -0.764. The third kappa shape index (κ3) is 3.28. The van der Waals surface area contributed by atoms with Gasteiger partial charge in [0.2, 0.25) is 0 Å². The Kier molecular flexibility index (Phi) is 4.31. The monoisotopic (exact) mass is 381 g/mol. The van der Waals surface area contributed by atoms with Crippen molar-refractivity contribution in [2.75, 3.05) is 4.72 Å². The summed E-state index contributed by atoms with van der Waals surface area (Å²) in [6.45, 7) is 0. The first-order valence-electron chi connectivity index (χ1n) is 5.22. The van der Waals surface area contributed by atoms with Gasteiger partial charge in [0.1, 0.15) is 16.5 Å². The minimum absolute atomic E-state index is 0.165. The molecule has 0 aromatic heterocycles. The highest BCUT2D eigenvalue weighted by molar-refractivity contribution is 9.10. The number of rotatable bonds is 3. The van der Waals surface area contributed by atoms with Crippen LogP contribution in [0.4, 0.5) is 14.5 Å². The summed E-state index contributed by atoms with van der Waals surface area (Å²) in [6.07, 6.45) is 0. The Bertz CT molecular complexity index is 768. The molecule has 0 heterocycles. The quantitative estimate of drug-likeness (QED) is 0.865. The van der Waals surface area contributed by atoms with Gasteiger partial charge in [0.15, 0.2) is 0 Å². The van der Waals surface area contributed by atoms with E-state index in [0.717, 1.165) is 12.1 Å². The van der Waals surface area contributed by atoms with E-state index in [1.54, 1.807) is 0 Å². The molecular formula is C12H7BrClF2NO2S. The first kappa shape index (κ1) is 15.2. The molecule has 0 radical (unpaired) electrons. The second-order valence-corrected chi connectivity index (χ2v) is 6.75. The second kappa shape index (κ2) is 5.67.